The van der Waals surface area contributed by atoms with E-state index in [0.717, 1.165) is 5.56 Å². The first-order chi connectivity index (χ1) is 7.65. The Morgan fingerprint density at radius 3 is 1.94 bits per heavy atom. The molecule has 0 bridgehead atoms. The van der Waals surface area contributed by atoms with Crippen LogP contribution in [0.2, 0.25) is 18.1 Å². The fourth-order valence-electron chi connectivity index (χ4n) is 1.75. The van der Waals surface area contributed by atoms with E-state index in [1.165, 1.54) is 30.3 Å². The third-order valence-electron chi connectivity index (χ3n) is 3.35. The van der Waals surface area contributed by atoms with Crippen LogP contribution in [0.4, 0.5) is 4.39 Å². The van der Waals surface area contributed by atoms with Gasteiger partial charge in [-0.15, -0.1) is 5.54 Å². The fourth-order valence-corrected chi connectivity index (χ4v) is 4.19. The topological polar surface area (TPSA) is 0 Å². The lowest BCUT2D eigenvalue weighted by atomic mass is 10.2. The van der Waals surface area contributed by atoms with E-state index in [4.69, 9.17) is 0 Å². The summed E-state index contributed by atoms with van der Waals surface area (Å²) in [4.78, 5) is 0. The van der Waals surface area contributed by atoms with Crippen molar-refractivity contribution in [2.45, 2.75) is 38.9 Å². The highest BCUT2D eigenvalue weighted by Crippen LogP contribution is 2.19. The molecule has 0 aliphatic rings. The van der Waals surface area contributed by atoms with E-state index in [0.29, 0.717) is 0 Å². The molecule has 0 spiro atoms. The molecule has 0 radical (unpaired) electrons. The molecule has 0 saturated heterocycles. The second-order valence-electron chi connectivity index (χ2n) is 4.10. The van der Waals surface area contributed by atoms with Gasteiger partial charge in [0.25, 0.3) is 0 Å². The summed E-state index contributed by atoms with van der Waals surface area (Å²) in [6.45, 7) is 6.70. The minimum absolute atomic E-state index is 0.199. The van der Waals surface area contributed by atoms with Crippen molar-refractivity contribution < 1.29 is 4.39 Å². The van der Waals surface area contributed by atoms with Crippen LogP contribution in [0, 0.1) is 17.3 Å². The van der Waals surface area contributed by atoms with Crippen LogP contribution in [0.3, 0.4) is 0 Å². The zero-order chi connectivity index (χ0) is 12.0. The molecule has 16 heavy (non-hydrogen) atoms. The van der Waals surface area contributed by atoms with E-state index < -0.39 is 8.07 Å². The van der Waals surface area contributed by atoms with Crippen LogP contribution in [-0.2, 0) is 0 Å². The third kappa shape index (κ3) is 3.21. The van der Waals surface area contributed by atoms with Crippen molar-refractivity contribution in [3.05, 3.63) is 35.6 Å². The molecule has 0 unspecified atom stereocenters. The van der Waals surface area contributed by atoms with Crippen LogP contribution in [0.15, 0.2) is 24.3 Å². The van der Waals surface area contributed by atoms with Gasteiger partial charge in [0.2, 0.25) is 0 Å². The number of benzene rings is 1. The Bertz CT molecular complexity index is 371. The fraction of sp³-hybridized carbons (Fsp3) is 0.429. The number of halogens is 1. The summed E-state index contributed by atoms with van der Waals surface area (Å²) in [5.41, 5.74) is 4.41. The van der Waals surface area contributed by atoms with E-state index >= 15 is 0 Å². The summed E-state index contributed by atoms with van der Waals surface area (Å²) in [5, 5.41) is 0. The average molecular weight is 234 g/mol. The van der Waals surface area contributed by atoms with Crippen molar-refractivity contribution in [3.8, 4) is 11.5 Å². The molecule has 0 heterocycles. The molecule has 2 heteroatoms. The highest BCUT2D eigenvalue weighted by Gasteiger charge is 2.23. The smallest absolute Gasteiger partial charge is 0.138 e. The minimum atomic E-state index is -1.37. The van der Waals surface area contributed by atoms with Crippen LogP contribution < -0.4 is 0 Å². The van der Waals surface area contributed by atoms with Gasteiger partial charge in [-0.3, -0.25) is 0 Å². The summed E-state index contributed by atoms with van der Waals surface area (Å²) in [6, 6.07) is 10.1. The van der Waals surface area contributed by atoms with Gasteiger partial charge in [0, 0.05) is 5.56 Å². The van der Waals surface area contributed by atoms with Gasteiger partial charge in [-0.2, -0.15) is 0 Å². The lowest BCUT2D eigenvalue weighted by Gasteiger charge is -2.19. The standard InChI is InChI=1S/C14H19FSi/c1-4-16(5-2,6-3)12-11-13-7-9-14(15)10-8-13/h7-10H,4-6H2,1-3H3. The van der Waals surface area contributed by atoms with Crippen LogP contribution in [0.1, 0.15) is 26.3 Å². The molecule has 0 nitrogen and oxygen atoms in total. The Kier molecular flexibility index (Phi) is 4.76. The Hall–Kier alpha value is -1.07. The SMILES string of the molecule is CC[Si](C#Cc1ccc(F)cc1)(CC)CC. The maximum absolute atomic E-state index is 12.7. The molecular weight excluding hydrogens is 215 g/mol. The molecular formula is C14H19FSi. The summed E-state index contributed by atoms with van der Waals surface area (Å²) >= 11 is 0. The van der Waals surface area contributed by atoms with Crippen molar-refractivity contribution in [3.63, 3.8) is 0 Å². The Labute approximate surface area is 98.9 Å². The Balaban J connectivity index is 2.90. The molecule has 0 amide bonds. The summed E-state index contributed by atoms with van der Waals surface area (Å²) < 4.78 is 12.7. The molecule has 0 aliphatic heterocycles. The first-order valence-corrected chi connectivity index (χ1v) is 8.56. The van der Waals surface area contributed by atoms with Gasteiger partial charge >= 0.3 is 0 Å². The molecule has 0 N–H and O–H groups in total. The van der Waals surface area contributed by atoms with E-state index in [1.807, 2.05) is 0 Å². The van der Waals surface area contributed by atoms with Crippen molar-refractivity contribution in [2.75, 3.05) is 0 Å². The van der Waals surface area contributed by atoms with E-state index in [2.05, 4.69) is 32.2 Å². The van der Waals surface area contributed by atoms with Crippen molar-refractivity contribution in [2.24, 2.45) is 0 Å². The zero-order valence-corrected chi connectivity index (χ0v) is 11.3. The minimum Gasteiger partial charge on any atom is -0.207 e. The molecule has 1 aromatic rings. The van der Waals surface area contributed by atoms with Crippen molar-refractivity contribution in [1.29, 1.82) is 0 Å². The van der Waals surface area contributed by atoms with E-state index in [1.54, 1.807) is 12.1 Å². The third-order valence-corrected chi connectivity index (χ3v) is 8.06. The Morgan fingerprint density at radius 2 is 1.50 bits per heavy atom. The summed E-state index contributed by atoms with van der Waals surface area (Å²) in [6.07, 6.45) is 0. The van der Waals surface area contributed by atoms with Crippen LogP contribution >= 0.6 is 0 Å². The molecule has 0 atom stereocenters. The lowest BCUT2D eigenvalue weighted by molar-refractivity contribution is 0.627. The summed E-state index contributed by atoms with van der Waals surface area (Å²) in [7, 11) is -1.37. The van der Waals surface area contributed by atoms with Gasteiger partial charge in [-0.1, -0.05) is 26.7 Å². The van der Waals surface area contributed by atoms with Crippen LogP contribution in [-0.4, -0.2) is 8.07 Å². The van der Waals surface area contributed by atoms with Gasteiger partial charge < -0.3 is 0 Å². The molecule has 0 fully saturated rings. The largest absolute Gasteiger partial charge is 0.207 e. The van der Waals surface area contributed by atoms with E-state index in [9.17, 15) is 4.39 Å². The maximum atomic E-state index is 12.7. The van der Waals surface area contributed by atoms with Crippen LogP contribution in [0.5, 0.6) is 0 Å². The highest BCUT2D eigenvalue weighted by molar-refractivity contribution is 6.87. The molecule has 0 aliphatic carbocycles. The van der Waals surface area contributed by atoms with Crippen LogP contribution in [0.25, 0.3) is 0 Å². The monoisotopic (exact) mass is 234 g/mol. The highest BCUT2D eigenvalue weighted by atomic mass is 28.3. The first kappa shape index (κ1) is 13.0. The quantitative estimate of drug-likeness (QED) is 0.542. The normalized spacial score (nSPS) is 10.8. The lowest BCUT2D eigenvalue weighted by Crippen LogP contribution is -2.29. The van der Waals surface area contributed by atoms with Gasteiger partial charge in [-0.05, 0) is 42.4 Å². The van der Waals surface area contributed by atoms with E-state index in [-0.39, 0.29) is 5.82 Å². The average Bonchev–Trinajstić information content (AvgIpc) is 2.34. The second-order valence-corrected chi connectivity index (χ2v) is 9.03. The zero-order valence-electron chi connectivity index (χ0n) is 10.3. The second kappa shape index (κ2) is 5.86. The van der Waals surface area contributed by atoms with Crippen molar-refractivity contribution >= 4 is 8.07 Å². The Morgan fingerprint density at radius 1 is 1.00 bits per heavy atom. The molecule has 0 aromatic heterocycles. The van der Waals surface area contributed by atoms with Crippen molar-refractivity contribution in [1.82, 2.24) is 0 Å². The first-order valence-electron chi connectivity index (χ1n) is 5.94. The van der Waals surface area contributed by atoms with Gasteiger partial charge in [0.1, 0.15) is 13.9 Å². The molecule has 86 valence electrons. The predicted molar refractivity (Wildman–Crippen MR) is 70.5 cm³/mol. The molecule has 1 aromatic carbocycles. The summed E-state index contributed by atoms with van der Waals surface area (Å²) in [5.74, 6) is 3.01. The van der Waals surface area contributed by atoms with Gasteiger partial charge in [0.05, 0.1) is 0 Å². The number of hydrogen-bond donors (Lipinski definition) is 0. The number of rotatable bonds is 3. The van der Waals surface area contributed by atoms with Gasteiger partial charge in [-0.25, -0.2) is 4.39 Å². The molecule has 0 saturated carbocycles. The maximum Gasteiger partial charge on any atom is 0.138 e. The molecule has 1 rings (SSSR count). The predicted octanol–water partition coefficient (Wildman–Crippen LogP) is 4.22. The number of hydrogen-bond acceptors (Lipinski definition) is 0. The van der Waals surface area contributed by atoms with Gasteiger partial charge in [0.15, 0.2) is 0 Å².